The van der Waals surface area contributed by atoms with E-state index in [9.17, 15) is 9.59 Å². The zero-order chi connectivity index (χ0) is 17.7. The maximum atomic E-state index is 12.3. The van der Waals surface area contributed by atoms with Crippen molar-refractivity contribution in [2.24, 2.45) is 0 Å². The average molecular weight is 393 g/mol. The molecule has 2 aromatic rings. The number of methoxy groups -OCH3 is 1. The van der Waals surface area contributed by atoms with E-state index in [4.69, 9.17) is 9.47 Å². The smallest absolute Gasteiger partial charge is 0.343 e. The van der Waals surface area contributed by atoms with Gasteiger partial charge in [0.05, 0.1) is 28.8 Å². The molecule has 0 bridgehead atoms. The van der Waals surface area contributed by atoms with Crippen molar-refractivity contribution in [1.82, 2.24) is 0 Å². The van der Waals surface area contributed by atoms with Gasteiger partial charge in [0.15, 0.2) is 0 Å². The van der Waals surface area contributed by atoms with Crippen LogP contribution in [-0.2, 0) is 4.74 Å². The van der Waals surface area contributed by atoms with Crippen molar-refractivity contribution >= 4 is 27.9 Å². The second-order valence-electron chi connectivity index (χ2n) is 5.22. The number of hydrogen-bond acceptors (Lipinski definition) is 5. The first kappa shape index (κ1) is 18.0. The molecular weight excluding hydrogens is 376 g/mol. The molecule has 0 heterocycles. The summed E-state index contributed by atoms with van der Waals surface area (Å²) in [6, 6.07) is 11.2. The van der Waals surface area contributed by atoms with Crippen LogP contribution >= 0.6 is 15.9 Å². The molecule has 0 fully saturated rings. The lowest BCUT2D eigenvalue weighted by Crippen LogP contribution is -2.10. The van der Waals surface area contributed by atoms with Crippen molar-refractivity contribution in [1.29, 1.82) is 0 Å². The van der Waals surface area contributed by atoms with Crippen LogP contribution < -0.4 is 9.47 Å². The molecule has 0 unspecified atom stereocenters. The van der Waals surface area contributed by atoms with E-state index >= 15 is 0 Å². The van der Waals surface area contributed by atoms with Gasteiger partial charge in [-0.3, -0.25) is 0 Å². The van der Waals surface area contributed by atoms with Crippen LogP contribution in [0.25, 0.3) is 0 Å². The summed E-state index contributed by atoms with van der Waals surface area (Å²) in [5, 5.41) is 0. The van der Waals surface area contributed by atoms with Gasteiger partial charge in [-0.25, -0.2) is 9.59 Å². The molecule has 0 N–H and O–H groups in total. The van der Waals surface area contributed by atoms with Gasteiger partial charge >= 0.3 is 11.9 Å². The topological polar surface area (TPSA) is 61.8 Å². The molecule has 0 radical (unpaired) electrons. The molecule has 24 heavy (non-hydrogen) atoms. The fraction of sp³-hybridized carbons (Fsp3) is 0.222. The van der Waals surface area contributed by atoms with Gasteiger partial charge in [0, 0.05) is 0 Å². The van der Waals surface area contributed by atoms with E-state index in [-0.39, 0.29) is 11.9 Å². The van der Waals surface area contributed by atoms with Crippen molar-refractivity contribution in [3.8, 4) is 11.5 Å². The minimum absolute atomic E-state index is 0.0279. The fourth-order valence-corrected chi connectivity index (χ4v) is 2.42. The average Bonchev–Trinajstić information content (AvgIpc) is 2.55. The highest BCUT2D eigenvalue weighted by molar-refractivity contribution is 9.10. The molecule has 0 saturated carbocycles. The van der Waals surface area contributed by atoms with Gasteiger partial charge in [-0.2, -0.15) is 0 Å². The molecule has 6 heteroatoms. The molecule has 2 rings (SSSR count). The highest BCUT2D eigenvalue weighted by Gasteiger charge is 2.13. The number of carbonyl (C=O) groups is 2. The number of esters is 2. The SMILES string of the molecule is COC(=O)c1cccc(OC(=O)c2ccc(OC(C)C)c(Br)c2)c1. The minimum Gasteiger partial charge on any atom is -0.490 e. The normalized spacial score (nSPS) is 10.4. The summed E-state index contributed by atoms with van der Waals surface area (Å²) in [6.07, 6.45) is 0.0279. The summed E-state index contributed by atoms with van der Waals surface area (Å²) in [6.45, 7) is 3.84. The maximum Gasteiger partial charge on any atom is 0.343 e. The first-order valence-corrected chi connectivity index (χ1v) is 8.06. The van der Waals surface area contributed by atoms with Crippen LogP contribution in [0.15, 0.2) is 46.9 Å². The quantitative estimate of drug-likeness (QED) is 0.562. The van der Waals surface area contributed by atoms with Crippen molar-refractivity contribution in [2.45, 2.75) is 20.0 Å². The monoisotopic (exact) mass is 392 g/mol. The molecule has 2 aromatic carbocycles. The van der Waals surface area contributed by atoms with E-state index in [1.54, 1.807) is 36.4 Å². The number of hydrogen-bond donors (Lipinski definition) is 0. The van der Waals surface area contributed by atoms with E-state index in [0.29, 0.717) is 21.3 Å². The molecule has 0 saturated heterocycles. The molecule has 0 amide bonds. The van der Waals surface area contributed by atoms with Crippen LogP contribution in [-0.4, -0.2) is 25.2 Å². The molecule has 0 aliphatic carbocycles. The van der Waals surface area contributed by atoms with E-state index in [0.717, 1.165) is 0 Å². The molecule has 0 aromatic heterocycles. The van der Waals surface area contributed by atoms with E-state index < -0.39 is 11.9 Å². The van der Waals surface area contributed by atoms with Crippen LogP contribution in [0, 0.1) is 0 Å². The van der Waals surface area contributed by atoms with Crippen molar-refractivity contribution in [3.05, 3.63) is 58.1 Å². The Morgan fingerprint density at radius 3 is 2.33 bits per heavy atom. The number of benzene rings is 2. The third-order valence-electron chi connectivity index (χ3n) is 3.00. The van der Waals surface area contributed by atoms with Crippen molar-refractivity contribution in [2.75, 3.05) is 7.11 Å². The Kier molecular flexibility index (Phi) is 5.98. The molecule has 0 aliphatic heterocycles. The summed E-state index contributed by atoms with van der Waals surface area (Å²) in [7, 11) is 1.29. The largest absolute Gasteiger partial charge is 0.490 e. The fourth-order valence-electron chi connectivity index (χ4n) is 1.95. The third kappa shape index (κ3) is 4.58. The summed E-state index contributed by atoms with van der Waals surface area (Å²) in [5.74, 6) is -0.115. The zero-order valence-corrected chi connectivity index (χ0v) is 15.1. The van der Waals surface area contributed by atoms with Crippen LogP contribution in [0.2, 0.25) is 0 Å². The van der Waals surface area contributed by atoms with Gasteiger partial charge < -0.3 is 14.2 Å². The minimum atomic E-state index is -0.534. The first-order chi connectivity index (χ1) is 11.4. The molecule has 0 aliphatic rings. The zero-order valence-electron chi connectivity index (χ0n) is 13.5. The van der Waals surface area contributed by atoms with E-state index in [1.807, 2.05) is 13.8 Å². The van der Waals surface area contributed by atoms with E-state index in [1.165, 1.54) is 13.2 Å². The second-order valence-corrected chi connectivity index (χ2v) is 6.08. The Balaban J connectivity index is 2.15. The molecular formula is C18H17BrO5. The highest BCUT2D eigenvalue weighted by Crippen LogP contribution is 2.27. The Morgan fingerprint density at radius 1 is 1.00 bits per heavy atom. The van der Waals surface area contributed by atoms with Gasteiger partial charge in [0.1, 0.15) is 11.5 Å². The van der Waals surface area contributed by atoms with Gasteiger partial charge in [-0.05, 0) is 66.2 Å². The first-order valence-electron chi connectivity index (χ1n) is 7.27. The Hall–Kier alpha value is -2.34. The lowest BCUT2D eigenvalue weighted by Gasteiger charge is -2.12. The van der Waals surface area contributed by atoms with Crippen molar-refractivity contribution < 1.29 is 23.8 Å². The summed E-state index contributed by atoms with van der Waals surface area (Å²) < 4.78 is 16.2. The van der Waals surface area contributed by atoms with Crippen LogP contribution in [0.5, 0.6) is 11.5 Å². The van der Waals surface area contributed by atoms with Gasteiger partial charge in [-0.15, -0.1) is 0 Å². The molecule has 126 valence electrons. The van der Waals surface area contributed by atoms with Gasteiger partial charge in [-0.1, -0.05) is 6.07 Å². The van der Waals surface area contributed by atoms with E-state index in [2.05, 4.69) is 20.7 Å². The van der Waals surface area contributed by atoms with Crippen molar-refractivity contribution in [3.63, 3.8) is 0 Å². The Labute approximate surface area is 148 Å². The second kappa shape index (κ2) is 7.97. The predicted octanol–water partition coefficient (Wildman–Crippen LogP) is 4.24. The molecule has 0 atom stereocenters. The Morgan fingerprint density at radius 2 is 1.71 bits per heavy atom. The Bertz CT molecular complexity index is 755. The lowest BCUT2D eigenvalue weighted by atomic mass is 10.2. The van der Waals surface area contributed by atoms with Crippen LogP contribution in [0.4, 0.5) is 0 Å². The number of ether oxygens (including phenoxy) is 3. The van der Waals surface area contributed by atoms with Gasteiger partial charge in [0.2, 0.25) is 0 Å². The summed E-state index contributed by atoms with van der Waals surface area (Å²) in [5.41, 5.74) is 0.672. The number of rotatable bonds is 5. The standard InChI is InChI=1S/C18H17BrO5/c1-11(2)23-16-8-7-13(10-15(16)19)18(21)24-14-6-4-5-12(9-14)17(20)22-3/h4-11H,1-3H3. The van der Waals surface area contributed by atoms with Gasteiger partial charge in [0.25, 0.3) is 0 Å². The maximum absolute atomic E-state index is 12.3. The summed E-state index contributed by atoms with van der Waals surface area (Å²) >= 11 is 3.38. The van der Waals surface area contributed by atoms with Crippen LogP contribution in [0.1, 0.15) is 34.6 Å². The molecule has 0 spiro atoms. The number of halogens is 1. The van der Waals surface area contributed by atoms with Crippen LogP contribution in [0.3, 0.4) is 0 Å². The lowest BCUT2D eigenvalue weighted by molar-refractivity contribution is 0.0597. The predicted molar refractivity (Wildman–Crippen MR) is 92.6 cm³/mol. The summed E-state index contributed by atoms with van der Waals surface area (Å²) in [4.78, 5) is 23.8. The molecule has 5 nitrogen and oxygen atoms in total. The number of carbonyl (C=O) groups excluding carboxylic acids is 2. The highest BCUT2D eigenvalue weighted by atomic mass is 79.9. The third-order valence-corrected chi connectivity index (χ3v) is 3.62.